The zero-order valence-electron chi connectivity index (χ0n) is 13.5. The lowest BCUT2D eigenvalue weighted by molar-refractivity contribution is -0.119. The van der Waals surface area contributed by atoms with Crippen molar-refractivity contribution in [2.24, 2.45) is 0 Å². The Morgan fingerprint density at radius 2 is 2.15 bits per heavy atom. The maximum Gasteiger partial charge on any atom is 0.264 e. The first kappa shape index (κ1) is 17.7. The van der Waals surface area contributed by atoms with E-state index in [0.29, 0.717) is 27.3 Å². The number of hydrogen-bond acceptors (Lipinski definition) is 6. The lowest BCUT2D eigenvalue weighted by Crippen LogP contribution is -2.42. The number of hydrogen-bond donors (Lipinski definition) is 1. The monoisotopic (exact) mass is 423 g/mol. The van der Waals surface area contributed by atoms with Crippen LogP contribution >= 0.6 is 45.6 Å². The SMILES string of the molecule is O=C(Nc1nc(-c2ccc(Cl)s2)cs1)C1CCCN1C(=O)c1cccs1. The van der Waals surface area contributed by atoms with Gasteiger partial charge in [-0.2, -0.15) is 0 Å². The topological polar surface area (TPSA) is 62.3 Å². The summed E-state index contributed by atoms with van der Waals surface area (Å²) < 4.78 is 0.701. The molecule has 0 aliphatic carbocycles. The second kappa shape index (κ2) is 7.48. The van der Waals surface area contributed by atoms with Gasteiger partial charge in [-0.05, 0) is 36.4 Å². The van der Waals surface area contributed by atoms with Crippen LogP contribution < -0.4 is 5.32 Å². The minimum Gasteiger partial charge on any atom is -0.326 e. The fourth-order valence-corrected chi connectivity index (χ4v) is 5.38. The van der Waals surface area contributed by atoms with Crippen LogP contribution in [0.5, 0.6) is 0 Å². The lowest BCUT2D eigenvalue weighted by atomic mass is 10.2. The Labute approximate surface area is 167 Å². The zero-order valence-corrected chi connectivity index (χ0v) is 16.7. The molecule has 5 nitrogen and oxygen atoms in total. The van der Waals surface area contributed by atoms with Gasteiger partial charge in [-0.15, -0.1) is 34.0 Å². The van der Waals surface area contributed by atoms with Crippen LogP contribution in [-0.4, -0.2) is 34.3 Å². The Balaban J connectivity index is 1.46. The third kappa shape index (κ3) is 3.55. The van der Waals surface area contributed by atoms with Crippen molar-refractivity contribution in [1.82, 2.24) is 9.88 Å². The Bertz CT molecular complexity index is 935. The summed E-state index contributed by atoms with van der Waals surface area (Å²) in [6, 6.07) is 6.92. The highest BCUT2D eigenvalue weighted by Crippen LogP contribution is 2.33. The number of likely N-dealkylation sites (tertiary alicyclic amines) is 1. The first-order valence-electron chi connectivity index (χ1n) is 7.98. The highest BCUT2D eigenvalue weighted by molar-refractivity contribution is 7.20. The van der Waals surface area contributed by atoms with E-state index >= 15 is 0 Å². The summed E-state index contributed by atoms with van der Waals surface area (Å²) in [5, 5.41) is 7.15. The summed E-state index contributed by atoms with van der Waals surface area (Å²) in [6.07, 6.45) is 1.49. The zero-order chi connectivity index (χ0) is 18.1. The molecule has 1 saturated heterocycles. The van der Waals surface area contributed by atoms with Gasteiger partial charge < -0.3 is 10.2 Å². The predicted octanol–water partition coefficient (Wildman–Crippen LogP) is 4.83. The van der Waals surface area contributed by atoms with Crippen molar-refractivity contribution in [3.8, 4) is 10.6 Å². The predicted molar refractivity (Wildman–Crippen MR) is 107 cm³/mol. The standard InChI is InChI=1S/C17H14ClN3O2S3/c18-14-6-5-12(26-14)10-9-25-17(19-10)20-15(22)11-3-1-7-21(11)16(23)13-4-2-8-24-13/h2,4-6,8-9,11H,1,3,7H2,(H,19,20,22). The number of aromatic nitrogens is 1. The first-order valence-corrected chi connectivity index (χ1v) is 10.9. The summed E-state index contributed by atoms with van der Waals surface area (Å²) in [7, 11) is 0. The van der Waals surface area contributed by atoms with Crippen molar-refractivity contribution in [1.29, 1.82) is 0 Å². The fourth-order valence-electron chi connectivity index (χ4n) is 2.91. The van der Waals surface area contributed by atoms with Gasteiger partial charge in [-0.1, -0.05) is 17.7 Å². The van der Waals surface area contributed by atoms with Gasteiger partial charge in [0.15, 0.2) is 5.13 Å². The fraction of sp³-hybridized carbons (Fsp3) is 0.235. The van der Waals surface area contributed by atoms with E-state index in [4.69, 9.17) is 11.6 Å². The molecule has 0 aromatic carbocycles. The van der Waals surface area contributed by atoms with Crippen molar-refractivity contribution in [3.05, 3.63) is 44.2 Å². The number of carbonyl (C=O) groups excluding carboxylic acids is 2. The molecule has 134 valence electrons. The second-order valence-corrected chi connectivity index (χ2v) is 9.29. The van der Waals surface area contributed by atoms with Crippen molar-refractivity contribution in [2.75, 3.05) is 11.9 Å². The molecular weight excluding hydrogens is 410 g/mol. The van der Waals surface area contributed by atoms with E-state index in [2.05, 4.69) is 10.3 Å². The third-order valence-corrected chi connectivity index (χ3v) is 6.98. The molecule has 26 heavy (non-hydrogen) atoms. The van der Waals surface area contributed by atoms with Crippen LogP contribution in [0.25, 0.3) is 10.6 Å². The molecule has 3 aromatic heterocycles. The van der Waals surface area contributed by atoms with Crippen molar-refractivity contribution in [2.45, 2.75) is 18.9 Å². The van der Waals surface area contributed by atoms with E-state index in [0.717, 1.165) is 17.0 Å². The van der Waals surface area contributed by atoms with E-state index in [9.17, 15) is 9.59 Å². The molecule has 1 fully saturated rings. The number of thiophene rings is 2. The van der Waals surface area contributed by atoms with E-state index in [1.165, 1.54) is 34.0 Å². The van der Waals surface area contributed by atoms with Crippen molar-refractivity contribution in [3.63, 3.8) is 0 Å². The number of carbonyl (C=O) groups is 2. The molecule has 9 heteroatoms. The molecular formula is C17H14ClN3O2S3. The van der Waals surface area contributed by atoms with Crippen LogP contribution in [0.3, 0.4) is 0 Å². The molecule has 1 unspecified atom stereocenters. The lowest BCUT2D eigenvalue weighted by Gasteiger charge is -2.22. The van der Waals surface area contributed by atoms with Gasteiger partial charge in [0.25, 0.3) is 5.91 Å². The van der Waals surface area contributed by atoms with E-state index in [1.807, 2.05) is 29.0 Å². The molecule has 0 radical (unpaired) electrons. The van der Waals surface area contributed by atoms with Crippen LogP contribution in [0.2, 0.25) is 4.34 Å². The van der Waals surface area contributed by atoms with Crippen LogP contribution in [0, 0.1) is 0 Å². The van der Waals surface area contributed by atoms with Crippen LogP contribution in [-0.2, 0) is 4.79 Å². The summed E-state index contributed by atoms with van der Waals surface area (Å²) >= 11 is 10.2. The van der Waals surface area contributed by atoms with E-state index in [-0.39, 0.29) is 11.8 Å². The van der Waals surface area contributed by atoms with Crippen LogP contribution in [0.15, 0.2) is 35.0 Å². The molecule has 1 aliphatic heterocycles. The third-order valence-electron chi connectivity index (χ3n) is 4.11. The largest absolute Gasteiger partial charge is 0.326 e. The number of nitrogens with one attached hydrogen (secondary N) is 1. The Kier molecular flexibility index (Phi) is 5.08. The van der Waals surface area contributed by atoms with E-state index in [1.54, 1.807) is 11.0 Å². The second-order valence-electron chi connectivity index (χ2n) is 5.76. The average Bonchev–Trinajstić information content (AvgIpc) is 3.40. The molecule has 0 saturated carbocycles. The highest BCUT2D eigenvalue weighted by atomic mass is 35.5. The maximum atomic E-state index is 12.7. The average molecular weight is 424 g/mol. The number of nitrogens with zero attached hydrogens (tertiary/aromatic N) is 2. The molecule has 1 atom stereocenters. The number of thiazole rings is 1. The maximum absolute atomic E-state index is 12.7. The van der Waals surface area contributed by atoms with Gasteiger partial charge in [-0.3, -0.25) is 9.59 Å². The minimum atomic E-state index is -0.451. The summed E-state index contributed by atoms with van der Waals surface area (Å²) in [5.41, 5.74) is 0.792. The van der Waals surface area contributed by atoms with Crippen LogP contribution in [0.4, 0.5) is 5.13 Å². The quantitative estimate of drug-likeness (QED) is 0.653. The van der Waals surface area contributed by atoms with Gasteiger partial charge in [0, 0.05) is 11.9 Å². The Hall–Kier alpha value is -1.74. The number of amides is 2. The summed E-state index contributed by atoms with van der Waals surface area (Å²) in [4.78, 5) is 33.0. The molecule has 4 heterocycles. The van der Waals surface area contributed by atoms with Crippen molar-refractivity contribution < 1.29 is 9.59 Å². The smallest absolute Gasteiger partial charge is 0.264 e. The first-order chi connectivity index (χ1) is 12.6. The van der Waals surface area contributed by atoms with Gasteiger partial charge in [0.05, 0.1) is 19.8 Å². The minimum absolute atomic E-state index is 0.0781. The Morgan fingerprint density at radius 1 is 1.27 bits per heavy atom. The molecule has 3 aromatic rings. The molecule has 1 aliphatic rings. The number of halogens is 1. The van der Waals surface area contributed by atoms with Gasteiger partial charge in [0.1, 0.15) is 6.04 Å². The molecule has 2 amide bonds. The van der Waals surface area contributed by atoms with Crippen molar-refractivity contribution >= 4 is 62.6 Å². The van der Waals surface area contributed by atoms with Gasteiger partial charge in [-0.25, -0.2) is 4.98 Å². The number of anilines is 1. The summed E-state index contributed by atoms with van der Waals surface area (Å²) in [5.74, 6) is -0.261. The van der Waals surface area contributed by atoms with Gasteiger partial charge >= 0.3 is 0 Å². The molecule has 0 spiro atoms. The van der Waals surface area contributed by atoms with E-state index < -0.39 is 6.04 Å². The Morgan fingerprint density at radius 3 is 2.88 bits per heavy atom. The van der Waals surface area contributed by atoms with Crippen LogP contribution in [0.1, 0.15) is 22.5 Å². The molecule has 1 N–H and O–H groups in total. The highest BCUT2D eigenvalue weighted by Gasteiger charge is 2.35. The van der Waals surface area contributed by atoms with Gasteiger partial charge in [0.2, 0.25) is 5.91 Å². The molecule has 0 bridgehead atoms. The summed E-state index contributed by atoms with van der Waals surface area (Å²) in [6.45, 7) is 0.603. The normalized spacial score (nSPS) is 16.8. The number of rotatable bonds is 4. The molecule has 4 rings (SSSR count).